The van der Waals surface area contributed by atoms with Crippen LogP contribution >= 0.6 is 0 Å². The minimum atomic E-state index is -4.36. The van der Waals surface area contributed by atoms with E-state index in [9.17, 15) is 50.5 Å². The number of sulfone groups is 6. The van der Waals surface area contributed by atoms with E-state index in [1.165, 1.54) is 36.4 Å². The van der Waals surface area contributed by atoms with Gasteiger partial charge in [-0.1, -0.05) is 157 Å². The molecule has 0 aliphatic heterocycles. The van der Waals surface area contributed by atoms with Crippen molar-refractivity contribution in [2.75, 3.05) is 34.5 Å². The summed E-state index contributed by atoms with van der Waals surface area (Å²) in [5.74, 6) is -2.25. The Morgan fingerprint density at radius 1 is 0.208 bits per heavy atom. The normalized spacial score (nSPS) is 13.2. The van der Waals surface area contributed by atoms with Crippen molar-refractivity contribution in [1.29, 1.82) is 0 Å². The van der Waals surface area contributed by atoms with Crippen LogP contribution in [0.4, 0.5) is 0 Å². The number of unbranched alkanes of at least 4 members (excludes halogenated alkanes) is 18. The average molecular weight is 1120 g/mol. The van der Waals surface area contributed by atoms with E-state index in [0.717, 1.165) is 77.0 Å². The lowest BCUT2D eigenvalue weighted by Gasteiger charge is -2.20. The quantitative estimate of drug-likeness (QED) is 0.0308. The smallest absolute Gasteiger partial charge is 0.179 e. The maximum Gasteiger partial charge on any atom is 0.179 e. The highest BCUT2D eigenvalue weighted by atomic mass is 32.2. The molecule has 4 rings (SSSR count). The largest absolute Gasteiger partial charge is 0.224 e. The molecule has 0 aromatic heterocycles. The van der Waals surface area contributed by atoms with Gasteiger partial charge in [0.1, 0.15) is 0 Å². The molecule has 4 aromatic rings. The van der Waals surface area contributed by atoms with Crippen LogP contribution in [-0.4, -0.2) is 85.0 Å². The van der Waals surface area contributed by atoms with Crippen LogP contribution in [0.25, 0.3) is 32.3 Å². The molecule has 72 heavy (non-hydrogen) atoms. The van der Waals surface area contributed by atoms with Crippen LogP contribution in [0, 0.1) is 0 Å². The van der Waals surface area contributed by atoms with Crippen molar-refractivity contribution in [2.24, 2.45) is 0 Å². The molecule has 0 heterocycles. The molecule has 0 amide bonds. The van der Waals surface area contributed by atoms with Crippen LogP contribution in [0.3, 0.4) is 0 Å². The Morgan fingerprint density at radius 3 is 0.444 bits per heavy atom. The van der Waals surface area contributed by atoms with E-state index in [1.807, 2.05) is 41.5 Å². The second-order valence-electron chi connectivity index (χ2n) is 19.8. The Morgan fingerprint density at radius 2 is 0.333 bits per heavy atom. The zero-order valence-electron chi connectivity index (χ0n) is 44.0. The summed E-state index contributed by atoms with van der Waals surface area (Å²) in [7, 11) is -26.2. The maximum absolute atomic E-state index is 14.6. The van der Waals surface area contributed by atoms with Gasteiger partial charge >= 0.3 is 0 Å². The van der Waals surface area contributed by atoms with Gasteiger partial charge in [0.2, 0.25) is 0 Å². The summed E-state index contributed by atoms with van der Waals surface area (Å²) in [6, 6.07) is 7.41. The fourth-order valence-corrected chi connectivity index (χ4v) is 20.5. The lowest BCUT2D eigenvalue weighted by Crippen LogP contribution is -2.17. The van der Waals surface area contributed by atoms with E-state index in [1.54, 1.807) is 0 Å². The van der Waals surface area contributed by atoms with Crippen LogP contribution in [0.1, 0.15) is 196 Å². The molecule has 0 saturated carbocycles. The van der Waals surface area contributed by atoms with Crippen LogP contribution in [-0.2, 0) is 59.0 Å². The number of benzene rings is 4. The fourth-order valence-electron chi connectivity index (χ4n) is 9.45. The predicted octanol–water partition coefficient (Wildman–Crippen LogP) is 13.3. The Labute approximate surface area is 434 Å². The SMILES string of the molecule is CCCCCCS(=O)(=O)c1cc2c3cc(S(=O)(=O)CCCCCC)c(S(=O)(=O)CCCCCC)cc3c3cc(S(=O)(=O)CCCCCC)c(S(=O)(=O)CCCCCC)cc3c2cc1S(=O)(=O)CCCCCC. The summed E-state index contributed by atoms with van der Waals surface area (Å²) in [4.78, 5) is -2.87. The fraction of sp³-hybridized carbons (Fsp3) is 0.667. The summed E-state index contributed by atoms with van der Waals surface area (Å²) in [5, 5.41) is 0.363. The molecule has 0 unspecified atom stereocenters. The van der Waals surface area contributed by atoms with E-state index in [-0.39, 0.29) is 105 Å². The third kappa shape index (κ3) is 16.2. The molecule has 0 aliphatic carbocycles. The third-order valence-electron chi connectivity index (χ3n) is 13.7. The van der Waals surface area contributed by atoms with Crippen molar-refractivity contribution in [2.45, 2.75) is 225 Å². The van der Waals surface area contributed by atoms with E-state index in [4.69, 9.17) is 0 Å². The number of rotatable bonds is 36. The summed E-state index contributed by atoms with van der Waals surface area (Å²) in [6.07, 6.45) is 14.4. The Kier molecular flexibility index (Phi) is 24.0. The van der Waals surface area contributed by atoms with E-state index in [0.29, 0.717) is 38.5 Å². The standard InChI is InChI=1S/C54H84O12S6/c1-7-13-19-25-31-67(55,56)49-37-43-44(38-50(49)68(57,58)32-26-20-14-8-2)46-40-52(70(61,62)34-28-22-16-10-4)54(72(65,66)36-30-24-18-12-6)42-48(46)47-41-53(71(63,64)35-29-23-17-11-5)51(39-45(43)47)69(59,60)33-27-21-15-9-3/h37-42H,7-36H2,1-6H3. The van der Waals surface area contributed by atoms with Crippen LogP contribution in [0.5, 0.6) is 0 Å². The van der Waals surface area contributed by atoms with Crippen molar-refractivity contribution in [3.8, 4) is 0 Å². The van der Waals surface area contributed by atoms with E-state index in [2.05, 4.69) is 0 Å². The average Bonchev–Trinajstić information content (AvgIpc) is 3.33. The van der Waals surface area contributed by atoms with Crippen molar-refractivity contribution in [1.82, 2.24) is 0 Å². The lowest BCUT2D eigenvalue weighted by atomic mass is 9.94. The molecular weight excluding hydrogens is 1030 g/mol. The van der Waals surface area contributed by atoms with Crippen molar-refractivity contribution < 1.29 is 50.5 Å². The Bertz CT molecular complexity index is 2570. The number of fused-ring (bicyclic) bond motifs is 6. The molecule has 0 N–H and O–H groups in total. The highest BCUT2D eigenvalue weighted by molar-refractivity contribution is 7.95. The first-order chi connectivity index (χ1) is 34.0. The molecule has 0 atom stereocenters. The zero-order chi connectivity index (χ0) is 53.4. The van der Waals surface area contributed by atoms with Gasteiger partial charge in [-0.15, -0.1) is 0 Å². The summed E-state index contributed by atoms with van der Waals surface area (Å²) < 4.78 is 176. The summed E-state index contributed by atoms with van der Waals surface area (Å²) in [5.41, 5.74) is 0. The molecule has 0 aliphatic rings. The van der Waals surface area contributed by atoms with Crippen LogP contribution in [0.2, 0.25) is 0 Å². The van der Waals surface area contributed by atoms with Crippen molar-refractivity contribution in [3.63, 3.8) is 0 Å². The molecule has 0 radical (unpaired) electrons. The highest BCUT2D eigenvalue weighted by Crippen LogP contribution is 2.44. The van der Waals surface area contributed by atoms with Gasteiger partial charge in [0.05, 0.1) is 63.9 Å². The molecule has 0 bridgehead atoms. The monoisotopic (exact) mass is 1120 g/mol. The van der Waals surface area contributed by atoms with E-state index < -0.39 is 88.4 Å². The Balaban J connectivity index is 2.39. The van der Waals surface area contributed by atoms with Crippen molar-refractivity contribution >= 4 is 91.3 Å². The van der Waals surface area contributed by atoms with Gasteiger partial charge in [-0.25, -0.2) is 50.5 Å². The lowest BCUT2D eigenvalue weighted by molar-refractivity contribution is 0.576. The second-order valence-corrected chi connectivity index (χ2v) is 32.3. The third-order valence-corrected chi connectivity index (χ3v) is 25.1. The summed E-state index contributed by atoms with van der Waals surface area (Å²) >= 11 is 0. The number of hydrogen-bond donors (Lipinski definition) is 0. The second kappa shape index (κ2) is 27.9. The van der Waals surface area contributed by atoms with Gasteiger partial charge in [-0.05, 0) is 107 Å². The van der Waals surface area contributed by atoms with Gasteiger partial charge in [0, 0.05) is 0 Å². The van der Waals surface area contributed by atoms with Gasteiger partial charge in [-0.2, -0.15) is 0 Å². The molecule has 408 valence electrons. The van der Waals surface area contributed by atoms with Gasteiger partial charge in [-0.3, -0.25) is 0 Å². The number of hydrogen-bond acceptors (Lipinski definition) is 12. The first-order valence-electron chi connectivity index (χ1n) is 26.9. The molecule has 12 nitrogen and oxygen atoms in total. The van der Waals surface area contributed by atoms with Gasteiger partial charge in [0.25, 0.3) is 0 Å². The topological polar surface area (TPSA) is 205 Å². The highest BCUT2D eigenvalue weighted by Gasteiger charge is 2.34. The summed E-state index contributed by atoms with van der Waals surface area (Å²) in [6.45, 7) is 11.9. The zero-order valence-corrected chi connectivity index (χ0v) is 48.9. The van der Waals surface area contributed by atoms with Crippen LogP contribution in [0.15, 0.2) is 65.8 Å². The van der Waals surface area contributed by atoms with Gasteiger partial charge < -0.3 is 0 Å². The van der Waals surface area contributed by atoms with Crippen molar-refractivity contribution in [3.05, 3.63) is 36.4 Å². The predicted molar refractivity (Wildman–Crippen MR) is 296 cm³/mol. The minimum Gasteiger partial charge on any atom is -0.224 e. The molecule has 0 saturated heterocycles. The minimum absolute atomic E-state index is 0.0605. The van der Waals surface area contributed by atoms with E-state index >= 15 is 0 Å². The molecule has 0 spiro atoms. The molecule has 18 heteroatoms. The molecule has 0 fully saturated rings. The Hall–Kier alpha value is -2.64. The molecular formula is C54H84O12S6. The maximum atomic E-state index is 14.6. The first kappa shape index (κ1) is 61.9. The van der Waals surface area contributed by atoms with Crippen LogP contribution < -0.4 is 0 Å². The van der Waals surface area contributed by atoms with Gasteiger partial charge in [0.15, 0.2) is 59.0 Å². The first-order valence-corrected chi connectivity index (χ1v) is 36.8. The molecule has 4 aromatic carbocycles.